The first-order valence-electron chi connectivity index (χ1n) is 8.27. The molecule has 0 saturated heterocycles. The Bertz CT molecular complexity index is 1320. The summed E-state index contributed by atoms with van der Waals surface area (Å²) >= 11 is 4.92. The van der Waals surface area contributed by atoms with Crippen molar-refractivity contribution in [2.24, 2.45) is 12.0 Å². The second-order valence-electron chi connectivity index (χ2n) is 6.25. The van der Waals surface area contributed by atoms with Gasteiger partial charge in [0.25, 0.3) is 5.56 Å². The van der Waals surface area contributed by atoms with Gasteiger partial charge in [0, 0.05) is 35.5 Å². The van der Waals surface area contributed by atoms with Crippen molar-refractivity contribution in [2.45, 2.75) is 0 Å². The standard InChI is InChI=1S/C20H13N3O4S/c1-23-19(27)15(18(26)22-20(23)28)9-21-10-6-7-13-14(8-10)17(25)12-5-3-2-4-11(12)16(13)24/h2-9,27H,1H3,(H,22,26,28). The Hall–Kier alpha value is -3.65. The van der Waals surface area contributed by atoms with E-state index in [0.717, 1.165) is 0 Å². The van der Waals surface area contributed by atoms with Crippen molar-refractivity contribution in [1.82, 2.24) is 9.55 Å². The Labute approximate surface area is 163 Å². The summed E-state index contributed by atoms with van der Waals surface area (Å²) in [5.41, 5.74) is 1.01. The van der Waals surface area contributed by atoms with Gasteiger partial charge < -0.3 is 5.11 Å². The molecule has 138 valence electrons. The highest BCUT2D eigenvalue weighted by molar-refractivity contribution is 7.71. The number of ketones is 2. The molecule has 0 amide bonds. The summed E-state index contributed by atoms with van der Waals surface area (Å²) in [4.78, 5) is 44.0. The molecule has 28 heavy (non-hydrogen) atoms. The Morgan fingerprint density at radius 2 is 1.61 bits per heavy atom. The molecule has 7 nitrogen and oxygen atoms in total. The van der Waals surface area contributed by atoms with Crippen LogP contribution in [0.5, 0.6) is 5.88 Å². The van der Waals surface area contributed by atoms with Crippen LogP contribution in [0.25, 0.3) is 0 Å². The summed E-state index contributed by atoms with van der Waals surface area (Å²) in [6, 6.07) is 11.3. The average Bonchev–Trinajstić information content (AvgIpc) is 2.70. The molecule has 1 aliphatic carbocycles. The SMILES string of the molecule is Cn1c(O)c(C=Nc2ccc3c(c2)C(=O)c2ccccc2C3=O)c(=O)[nH]c1=S. The number of fused-ring (bicyclic) bond motifs is 2. The van der Waals surface area contributed by atoms with Gasteiger partial charge in [-0.2, -0.15) is 0 Å². The van der Waals surface area contributed by atoms with Crippen molar-refractivity contribution in [3.05, 3.63) is 85.4 Å². The lowest BCUT2D eigenvalue weighted by Gasteiger charge is -2.17. The molecule has 0 saturated carbocycles. The van der Waals surface area contributed by atoms with Crippen LogP contribution in [0, 0.1) is 4.77 Å². The summed E-state index contributed by atoms with van der Waals surface area (Å²) in [5, 5.41) is 10.1. The minimum absolute atomic E-state index is 0.0680. The molecule has 0 radical (unpaired) electrons. The second kappa shape index (κ2) is 6.50. The highest BCUT2D eigenvalue weighted by Gasteiger charge is 2.29. The number of rotatable bonds is 2. The number of nitrogens with zero attached hydrogens (tertiary/aromatic N) is 2. The van der Waals surface area contributed by atoms with Gasteiger partial charge in [-0.15, -0.1) is 0 Å². The van der Waals surface area contributed by atoms with E-state index in [0.29, 0.717) is 22.4 Å². The first kappa shape index (κ1) is 17.7. The van der Waals surface area contributed by atoms with Crippen LogP contribution in [0.15, 0.2) is 52.3 Å². The van der Waals surface area contributed by atoms with E-state index in [2.05, 4.69) is 9.98 Å². The fraction of sp³-hybridized carbons (Fsp3) is 0.0500. The Balaban J connectivity index is 1.77. The molecule has 4 rings (SSSR count). The van der Waals surface area contributed by atoms with Crippen molar-refractivity contribution in [3.8, 4) is 5.88 Å². The minimum Gasteiger partial charge on any atom is -0.494 e. The van der Waals surface area contributed by atoms with E-state index in [-0.39, 0.29) is 33.3 Å². The lowest BCUT2D eigenvalue weighted by atomic mass is 9.84. The van der Waals surface area contributed by atoms with E-state index >= 15 is 0 Å². The molecule has 2 N–H and O–H groups in total. The fourth-order valence-corrected chi connectivity index (χ4v) is 3.23. The number of nitrogens with one attached hydrogen (secondary N) is 1. The number of benzene rings is 2. The smallest absolute Gasteiger partial charge is 0.264 e. The van der Waals surface area contributed by atoms with Gasteiger partial charge in [0.05, 0.1) is 5.69 Å². The summed E-state index contributed by atoms with van der Waals surface area (Å²) in [7, 11) is 1.51. The molecular weight excluding hydrogens is 378 g/mol. The molecule has 0 unspecified atom stereocenters. The lowest BCUT2D eigenvalue weighted by Crippen LogP contribution is -2.20. The van der Waals surface area contributed by atoms with Crippen LogP contribution < -0.4 is 5.56 Å². The number of H-pyrrole nitrogens is 1. The summed E-state index contributed by atoms with van der Waals surface area (Å²) in [6.07, 6.45) is 1.19. The molecule has 1 heterocycles. The molecule has 1 aromatic heterocycles. The summed E-state index contributed by atoms with van der Waals surface area (Å²) in [5.74, 6) is -0.802. The lowest BCUT2D eigenvalue weighted by molar-refractivity contribution is 0.0979. The maximum absolute atomic E-state index is 12.8. The summed E-state index contributed by atoms with van der Waals surface area (Å²) in [6.45, 7) is 0. The van der Waals surface area contributed by atoms with E-state index in [4.69, 9.17) is 12.2 Å². The van der Waals surface area contributed by atoms with E-state index in [9.17, 15) is 19.5 Å². The zero-order valence-electron chi connectivity index (χ0n) is 14.6. The Morgan fingerprint density at radius 3 is 2.29 bits per heavy atom. The molecule has 3 aromatic rings. The van der Waals surface area contributed by atoms with Gasteiger partial charge in [-0.25, -0.2) is 0 Å². The van der Waals surface area contributed by atoms with Crippen LogP contribution >= 0.6 is 12.2 Å². The van der Waals surface area contributed by atoms with E-state index in [1.165, 1.54) is 30.0 Å². The number of hydrogen-bond acceptors (Lipinski definition) is 6. The highest BCUT2D eigenvalue weighted by Crippen LogP contribution is 2.29. The maximum Gasteiger partial charge on any atom is 0.264 e. The first-order chi connectivity index (χ1) is 13.4. The largest absolute Gasteiger partial charge is 0.494 e. The Morgan fingerprint density at radius 1 is 1.00 bits per heavy atom. The Kier molecular flexibility index (Phi) is 4.12. The van der Waals surface area contributed by atoms with Gasteiger partial charge in [-0.1, -0.05) is 24.3 Å². The number of aromatic hydroxyl groups is 1. The fourth-order valence-electron chi connectivity index (χ4n) is 3.05. The van der Waals surface area contributed by atoms with Gasteiger partial charge >= 0.3 is 0 Å². The van der Waals surface area contributed by atoms with E-state index < -0.39 is 5.56 Å². The zero-order valence-corrected chi connectivity index (χ0v) is 15.4. The number of carbonyl (C=O) groups excluding carboxylic acids is 2. The minimum atomic E-state index is -0.581. The molecule has 2 aromatic carbocycles. The summed E-state index contributed by atoms with van der Waals surface area (Å²) < 4.78 is 1.32. The second-order valence-corrected chi connectivity index (χ2v) is 6.63. The average molecular weight is 391 g/mol. The predicted molar refractivity (Wildman–Crippen MR) is 106 cm³/mol. The number of aromatic nitrogens is 2. The van der Waals surface area contributed by atoms with Gasteiger partial charge in [0.15, 0.2) is 16.3 Å². The molecule has 0 fully saturated rings. The van der Waals surface area contributed by atoms with Crippen molar-refractivity contribution < 1.29 is 14.7 Å². The molecule has 8 heteroatoms. The van der Waals surface area contributed by atoms with Crippen LogP contribution in [-0.4, -0.2) is 32.4 Å². The maximum atomic E-state index is 12.8. The van der Waals surface area contributed by atoms with E-state index in [1.54, 1.807) is 30.3 Å². The first-order valence-corrected chi connectivity index (χ1v) is 8.68. The van der Waals surface area contributed by atoms with Crippen LogP contribution in [-0.2, 0) is 7.05 Å². The molecule has 0 atom stereocenters. The topological polar surface area (TPSA) is 105 Å². The van der Waals surface area contributed by atoms with Crippen molar-refractivity contribution in [3.63, 3.8) is 0 Å². The van der Waals surface area contributed by atoms with Gasteiger partial charge in [-0.3, -0.25) is 28.9 Å². The number of aromatic amines is 1. The molecule has 1 aliphatic rings. The molecule has 0 bridgehead atoms. The van der Waals surface area contributed by atoms with Gasteiger partial charge in [0.1, 0.15) is 5.56 Å². The third-order valence-electron chi connectivity index (χ3n) is 4.58. The van der Waals surface area contributed by atoms with E-state index in [1.807, 2.05) is 0 Å². The van der Waals surface area contributed by atoms with Crippen LogP contribution in [0.3, 0.4) is 0 Å². The number of hydrogen-bond donors (Lipinski definition) is 2. The molecule has 0 aliphatic heterocycles. The van der Waals surface area contributed by atoms with Crippen molar-refractivity contribution >= 4 is 35.7 Å². The van der Waals surface area contributed by atoms with Crippen molar-refractivity contribution in [1.29, 1.82) is 0 Å². The quantitative estimate of drug-likeness (QED) is 0.404. The third kappa shape index (κ3) is 2.71. The monoisotopic (exact) mass is 391 g/mol. The van der Waals surface area contributed by atoms with Crippen LogP contribution in [0.2, 0.25) is 0 Å². The normalized spacial score (nSPS) is 12.9. The number of aliphatic imine (C=N–C) groups is 1. The van der Waals surface area contributed by atoms with Gasteiger partial charge in [-0.05, 0) is 30.4 Å². The predicted octanol–water partition coefficient (Wildman–Crippen LogP) is 2.67. The third-order valence-corrected chi connectivity index (χ3v) is 4.96. The van der Waals surface area contributed by atoms with Crippen LogP contribution in [0.1, 0.15) is 37.4 Å². The van der Waals surface area contributed by atoms with Gasteiger partial charge in [0.2, 0.25) is 5.88 Å². The number of carbonyl (C=O) groups is 2. The molecular formula is C20H13N3O4S. The molecule has 0 spiro atoms. The van der Waals surface area contributed by atoms with Crippen LogP contribution in [0.4, 0.5) is 5.69 Å². The van der Waals surface area contributed by atoms with Crippen molar-refractivity contribution in [2.75, 3.05) is 0 Å². The highest BCUT2D eigenvalue weighted by atomic mass is 32.1. The zero-order chi connectivity index (χ0) is 20.0.